The highest BCUT2D eigenvalue weighted by molar-refractivity contribution is 5.15. The monoisotopic (exact) mass is 380 g/mol. The van der Waals surface area contributed by atoms with Crippen LogP contribution in [0.3, 0.4) is 0 Å². The fourth-order valence-electron chi connectivity index (χ4n) is 4.03. The first-order valence-corrected chi connectivity index (χ1v) is 9.36. The molecule has 0 spiro atoms. The van der Waals surface area contributed by atoms with E-state index in [4.69, 9.17) is 28.4 Å². The van der Waals surface area contributed by atoms with Gasteiger partial charge in [0.15, 0.2) is 23.5 Å². The van der Waals surface area contributed by atoms with Crippen LogP contribution in [0.2, 0.25) is 0 Å². The molecule has 0 saturated carbocycles. The molecule has 0 aromatic heterocycles. The van der Waals surface area contributed by atoms with Crippen molar-refractivity contribution < 1.29 is 33.5 Å². The van der Waals surface area contributed by atoms with Crippen molar-refractivity contribution >= 4 is 0 Å². The number of benzene rings is 1. The van der Waals surface area contributed by atoms with E-state index >= 15 is 0 Å². The van der Waals surface area contributed by atoms with Gasteiger partial charge in [0.05, 0.1) is 19.8 Å². The number of hydrogen-bond acceptors (Lipinski definition) is 7. The van der Waals surface area contributed by atoms with Crippen LogP contribution in [0.5, 0.6) is 0 Å². The summed E-state index contributed by atoms with van der Waals surface area (Å²) in [7, 11) is 0. The van der Waals surface area contributed by atoms with Gasteiger partial charge in [0.2, 0.25) is 0 Å². The second-order valence-electron chi connectivity index (χ2n) is 8.24. The number of fused-ring (bicyclic) bond motifs is 1. The lowest BCUT2D eigenvalue weighted by atomic mass is 9.89. The van der Waals surface area contributed by atoms with Crippen LogP contribution >= 0.6 is 0 Å². The van der Waals surface area contributed by atoms with Gasteiger partial charge in [0, 0.05) is 0 Å². The first kappa shape index (κ1) is 19.3. The third-order valence-corrected chi connectivity index (χ3v) is 5.27. The Morgan fingerprint density at radius 3 is 2.37 bits per heavy atom. The van der Waals surface area contributed by atoms with E-state index in [-0.39, 0.29) is 6.61 Å². The molecular weight excluding hydrogens is 352 g/mol. The second-order valence-corrected chi connectivity index (χ2v) is 8.24. The van der Waals surface area contributed by atoms with Crippen molar-refractivity contribution in [3.8, 4) is 0 Å². The molecule has 0 radical (unpaired) electrons. The summed E-state index contributed by atoms with van der Waals surface area (Å²) >= 11 is 0. The maximum Gasteiger partial charge on any atom is 0.190 e. The minimum absolute atomic E-state index is 0.286. The zero-order valence-corrected chi connectivity index (χ0v) is 16.2. The van der Waals surface area contributed by atoms with Gasteiger partial charge < -0.3 is 33.5 Å². The molecule has 27 heavy (non-hydrogen) atoms. The van der Waals surface area contributed by atoms with Crippen molar-refractivity contribution in [2.24, 2.45) is 0 Å². The number of aliphatic hydroxyl groups excluding tert-OH is 1. The normalized spacial score (nSPS) is 39.6. The molecule has 0 amide bonds. The lowest BCUT2D eigenvalue weighted by Crippen LogP contribution is -2.58. The van der Waals surface area contributed by atoms with Crippen molar-refractivity contribution in [3.05, 3.63) is 35.9 Å². The predicted molar refractivity (Wildman–Crippen MR) is 94.6 cm³/mol. The Morgan fingerprint density at radius 2 is 1.74 bits per heavy atom. The third kappa shape index (κ3) is 3.53. The number of ether oxygens (including phenoxy) is 6. The standard InChI is InChI=1S/C20H28O7/c1-18(2)22-11-14(25-18)15-20(12-21,23-10-13-8-6-5-7-9-13)16-17(24-15)27-19(3,4)26-16/h5-9,14-17,21H,10-12H2,1-4H3/t14-,15-,16+,17-,20-/m1/s1. The predicted octanol–water partition coefficient (Wildman–Crippen LogP) is 1.96. The van der Waals surface area contributed by atoms with Crippen LogP contribution in [0.4, 0.5) is 0 Å². The zero-order chi connectivity index (χ0) is 19.3. The largest absolute Gasteiger partial charge is 0.393 e. The summed E-state index contributed by atoms with van der Waals surface area (Å²) in [6.07, 6.45) is -2.19. The van der Waals surface area contributed by atoms with E-state index in [0.717, 1.165) is 5.56 Å². The summed E-state index contributed by atoms with van der Waals surface area (Å²) in [6, 6.07) is 9.79. The van der Waals surface area contributed by atoms with Gasteiger partial charge in [-0.05, 0) is 33.3 Å². The van der Waals surface area contributed by atoms with Crippen molar-refractivity contribution in [2.75, 3.05) is 13.2 Å². The van der Waals surface area contributed by atoms with E-state index in [1.54, 1.807) is 0 Å². The molecule has 3 aliphatic rings. The highest BCUT2D eigenvalue weighted by Crippen LogP contribution is 2.48. The third-order valence-electron chi connectivity index (χ3n) is 5.27. The molecule has 3 heterocycles. The molecule has 7 heteroatoms. The van der Waals surface area contributed by atoms with Crippen LogP contribution in [-0.4, -0.2) is 60.1 Å². The average Bonchev–Trinajstić information content (AvgIpc) is 3.22. The quantitative estimate of drug-likeness (QED) is 0.837. The van der Waals surface area contributed by atoms with E-state index in [0.29, 0.717) is 13.2 Å². The number of aliphatic hydroxyl groups is 1. The average molecular weight is 380 g/mol. The fourth-order valence-corrected chi connectivity index (χ4v) is 4.03. The van der Waals surface area contributed by atoms with Crippen LogP contribution in [0.25, 0.3) is 0 Å². The fraction of sp³-hybridized carbons (Fsp3) is 0.700. The summed E-state index contributed by atoms with van der Waals surface area (Å²) in [6.45, 7) is 7.71. The van der Waals surface area contributed by atoms with Gasteiger partial charge in [-0.2, -0.15) is 0 Å². The first-order valence-electron chi connectivity index (χ1n) is 9.36. The van der Waals surface area contributed by atoms with Gasteiger partial charge in [-0.25, -0.2) is 0 Å². The van der Waals surface area contributed by atoms with Gasteiger partial charge in [0.1, 0.15) is 18.3 Å². The van der Waals surface area contributed by atoms with E-state index in [1.165, 1.54) is 0 Å². The van der Waals surface area contributed by atoms with E-state index in [9.17, 15) is 5.11 Å². The lowest BCUT2D eigenvalue weighted by Gasteiger charge is -2.38. The van der Waals surface area contributed by atoms with E-state index in [1.807, 2.05) is 58.0 Å². The van der Waals surface area contributed by atoms with Crippen LogP contribution < -0.4 is 0 Å². The van der Waals surface area contributed by atoms with Crippen molar-refractivity contribution in [3.63, 3.8) is 0 Å². The van der Waals surface area contributed by atoms with Crippen LogP contribution in [-0.2, 0) is 35.0 Å². The van der Waals surface area contributed by atoms with E-state index < -0.39 is 41.8 Å². The molecule has 1 aromatic rings. The highest BCUT2D eigenvalue weighted by atomic mass is 16.9. The molecule has 1 aromatic carbocycles. The maximum absolute atomic E-state index is 10.4. The number of rotatable bonds is 5. The molecular formula is C20H28O7. The van der Waals surface area contributed by atoms with Crippen molar-refractivity contribution in [2.45, 2.75) is 76.1 Å². The van der Waals surface area contributed by atoms with Crippen LogP contribution in [0.1, 0.15) is 33.3 Å². The lowest BCUT2D eigenvalue weighted by molar-refractivity contribution is -0.262. The summed E-state index contributed by atoms with van der Waals surface area (Å²) in [5.41, 5.74) is -0.127. The first-order chi connectivity index (χ1) is 12.7. The molecule has 3 saturated heterocycles. The van der Waals surface area contributed by atoms with Gasteiger partial charge in [0.25, 0.3) is 0 Å². The molecule has 7 nitrogen and oxygen atoms in total. The topological polar surface area (TPSA) is 75.6 Å². The van der Waals surface area contributed by atoms with Gasteiger partial charge in [-0.1, -0.05) is 30.3 Å². The minimum atomic E-state index is -1.12. The Morgan fingerprint density at radius 1 is 1.00 bits per heavy atom. The minimum Gasteiger partial charge on any atom is -0.393 e. The van der Waals surface area contributed by atoms with Crippen molar-refractivity contribution in [1.82, 2.24) is 0 Å². The molecule has 0 unspecified atom stereocenters. The SMILES string of the molecule is CC1(C)OC[C@H]([C@H]2O[C@@H]3OC(C)(C)O[C@@H]3[C@]2(CO)OCc2ccccc2)O1. The Labute approximate surface area is 159 Å². The molecule has 3 aliphatic heterocycles. The Hall–Kier alpha value is -1.06. The summed E-state index contributed by atoms with van der Waals surface area (Å²) < 4.78 is 36.2. The van der Waals surface area contributed by atoms with Gasteiger partial charge in [-0.3, -0.25) is 0 Å². The Balaban J connectivity index is 1.61. The maximum atomic E-state index is 10.4. The Bertz CT molecular complexity index is 662. The van der Waals surface area contributed by atoms with Crippen molar-refractivity contribution in [1.29, 1.82) is 0 Å². The highest BCUT2D eigenvalue weighted by Gasteiger charge is 2.67. The molecule has 0 bridgehead atoms. The van der Waals surface area contributed by atoms with Gasteiger partial charge >= 0.3 is 0 Å². The van der Waals surface area contributed by atoms with E-state index in [2.05, 4.69) is 0 Å². The smallest absolute Gasteiger partial charge is 0.190 e. The summed E-state index contributed by atoms with van der Waals surface area (Å²) in [5, 5.41) is 10.4. The molecule has 4 rings (SSSR count). The second kappa shape index (κ2) is 6.77. The molecule has 150 valence electrons. The van der Waals surface area contributed by atoms with Crippen LogP contribution in [0, 0.1) is 0 Å². The van der Waals surface area contributed by atoms with Gasteiger partial charge in [-0.15, -0.1) is 0 Å². The summed E-state index contributed by atoms with van der Waals surface area (Å²) in [5.74, 6) is -1.53. The molecule has 3 fully saturated rings. The molecule has 0 aliphatic carbocycles. The zero-order valence-electron chi connectivity index (χ0n) is 16.2. The summed E-state index contributed by atoms with van der Waals surface area (Å²) in [4.78, 5) is 0. The molecule has 1 N–H and O–H groups in total. The number of hydrogen-bond donors (Lipinski definition) is 1. The van der Waals surface area contributed by atoms with Crippen LogP contribution in [0.15, 0.2) is 30.3 Å². The molecule has 5 atom stereocenters. The Kier molecular flexibility index (Phi) is 4.83.